The van der Waals surface area contributed by atoms with Crippen LogP contribution in [0.25, 0.3) is 11.1 Å². The molecule has 1 aliphatic heterocycles. The van der Waals surface area contributed by atoms with E-state index in [0.29, 0.717) is 11.8 Å². The van der Waals surface area contributed by atoms with Crippen LogP contribution in [-0.2, 0) is 27.1 Å². The fourth-order valence-corrected chi connectivity index (χ4v) is 14.1. The molecule has 0 aromatic heterocycles. The second-order valence-electron chi connectivity index (χ2n) is 22.3. The lowest BCUT2D eigenvalue weighted by atomic mass is 9.41. The summed E-state index contributed by atoms with van der Waals surface area (Å²) < 4.78 is 7.59. The normalized spacial score (nSPS) is 28.5. The maximum atomic E-state index is 7.59. The predicted molar refractivity (Wildman–Crippen MR) is 241 cm³/mol. The first kappa shape index (κ1) is 36.8. The van der Waals surface area contributed by atoms with Crippen LogP contribution in [0.1, 0.15) is 147 Å². The highest BCUT2D eigenvalue weighted by atomic mass is 16.5. The Balaban J connectivity index is 1.29. The molecule has 1 spiro atoms. The van der Waals surface area contributed by atoms with Crippen molar-refractivity contribution in [2.45, 2.75) is 140 Å². The van der Waals surface area contributed by atoms with E-state index in [-0.39, 0.29) is 27.1 Å². The molecule has 6 aliphatic carbocycles. The number of fused-ring (bicyclic) bond motifs is 4. The fourth-order valence-electron chi connectivity index (χ4n) is 14.1. The van der Waals surface area contributed by atoms with Crippen LogP contribution in [0.5, 0.6) is 11.5 Å². The van der Waals surface area contributed by atoms with E-state index in [9.17, 15) is 0 Å². The van der Waals surface area contributed by atoms with Gasteiger partial charge in [-0.3, -0.25) is 0 Å². The number of ether oxygens (including phenoxy) is 1. The molecule has 58 heavy (non-hydrogen) atoms. The van der Waals surface area contributed by atoms with Gasteiger partial charge in [0.1, 0.15) is 5.75 Å². The highest BCUT2D eigenvalue weighted by molar-refractivity contribution is 5.90. The molecule has 4 saturated carbocycles. The lowest BCUT2D eigenvalue weighted by Crippen LogP contribution is -2.57. The average Bonchev–Trinajstić information content (AvgIpc) is 3.20. The average molecular weight is 766 g/mol. The van der Waals surface area contributed by atoms with Gasteiger partial charge < -0.3 is 9.64 Å². The summed E-state index contributed by atoms with van der Waals surface area (Å²) in [5.41, 5.74) is 15.3. The van der Waals surface area contributed by atoms with E-state index in [2.05, 4.69) is 163 Å². The second kappa shape index (κ2) is 12.4. The molecule has 0 amide bonds. The number of para-hydroxylation sites is 1. The first-order chi connectivity index (χ1) is 27.7. The number of anilines is 3. The number of hydrogen-bond donors (Lipinski definition) is 0. The largest absolute Gasteiger partial charge is 0.455 e. The molecule has 298 valence electrons. The Morgan fingerprint density at radius 3 is 1.52 bits per heavy atom. The van der Waals surface area contributed by atoms with E-state index in [0.717, 1.165) is 36.2 Å². The van der Waals surface area contributed by atoms with Crippen molar-refractivity contribution in [1.29, 1.82) is 0 Å². The molecule has 7 aliphatic rings. The van der Waals surface area contributed by atoms with Crippen molar-refractivity contribution in [3.05, 3.63) is 137 Å². The fraction of sp³-hybridized carbons (Fsp3) is 0.464. The molecule has 2 nitrogen and oxygen atoms in total. The van der Waals surface area contributed by atoms with Crippen LogP contribution in [0.15, 0.2) is 103 Å². The third kappa shape index (κ3) is 5.15. The van der Waals surface area contributed by atoms with Crippen LogP contribution in [0.4, 0.5) is 17.1 Å². The third-order valence-electron chi connectivity index (χ3n) is 17.0. The molecule has 2 heteroatoms. The smallest absolute Gasteiger partial charge is 0.155 e. The molecule has 0 unspecified atom stereocenters. The number of hydrogen-bond acceptors (Lipinski definition) is 2. The third-order valence-corrected chi connectivity index (χ3v) is 17.0. The summed E-state index contributed by atoms with van der Waals surface area (Å²) in [6.45, 7) is 19.9. The highest BCUT2D eigenvalue weighted by Gasteiger charge is 2.62. The van der Waals surface area contributed by atoms with E-state index in [4.69, 9.17) is 4.74 Å². The lowest BCUT2D eigenvalue weighted by Gasteiger charge is -2.63. The standard InChI is InChI=1S/C56H63NO/c1-52(2)24-26-54(5,6)49-42(52)19-14-21-45(49)57(46-22-15-20-43-50(46)55(7,8)27-25-53(43,3)4)47-34-38(37-16-10-9-11-17-37)33-44-51(47)58-48-23-13-12-18-41(48)56(44)39-29-35-28-36(31-39)32-40(56)30-35/h9-23,33-36,39-40H,24-32H2,1-8H3. The van der Waals surface area contributed by atoms with Gasteiger partial charge in [0.25, 0.3) is 0 Å². The molecule has 0 atom stereocenters. The Morgan fingerprint density at radius 1 is 0.448 bits per heavy atom. The zero-order valence-electron chi connectivity index (χ0n) is 36.3. The Kier molecular flexibility index (Phi) is 7.84. The molecular formula is C56H63NO. The zero-order chi connectivity index (χ0) is 40.0. The maximum absolute atomic E-state index is 7.59. The van der Waals surface area contributed by atoms with E-state index in [1.807, 2.05) is 0 Å². The van der Waals surface area contributed by atoms with Crippen molar-refractivity contribution < 1.29 is 4.74 Å². The zero-order valence-corrected chi connectivity index (χ0v) is 36.3. The van der Waals surface area contributed by atoms with Crippen molar-refractivity contribution in [3.8, 4) is 22.6 Å². The van der Waals surface area contributed by atoms with E-state index < -0.39 is 0 Å². The van der Waals surface area contributed by atoms with Crippen molar-refractivity contribution in [2.75, 3.05) is 4.90 Å². The number of nitrogens with zero attached hydrogens (tertiary/aromatic N) is 1. The van der Waals surface area contributed by atoms with Gasteiger partial charge in [0.15, 0.2) is 5.75 Å². The monoisotopic (exact) mass is 765 g/mol. The van der Waals surface area contributed by atoms with E-state index in [1.54, 1.807) is 0 Å². The van der Waals surface area contributed by atoms with Crippen molar-refractivity contribution in [2.24, 2.45) is 23.7 Å². The van der Waals surface area contributed by atoms with Gasteiger partial charge in [0, 0.05) is 16.5 Å². The summed E-state index contributed by atoms with van der Waals surface area (Å²) in [4.78, 5) is 2.74. The van der Waals surface area contributed by atoms with E-state index in [1.165, 1.54) is 107 Å². The molecule has 0 saturated heterocycles. The minimum absolute atomic E-state index is 0.00344. The van der Waals surface area contributed by atoms with Crippen LogP contribution in [-0.4, -0.2) is 0 Å². The van der Waals surface area contributed by atoms with Gasteiger partial charge >= 0.3 is 0 Å². The van der Waals surface area contributed by atoms with Gasteiger partial charge in [-0.05, 0) is 167 Å². The highest BCUT2D eigenvalue weighted by Crippen LogP contribution is 2.70. The van der Waals surface area contributed by atoms with Gasteiger partial charge in [-0.25, -0.2) is 0 Å². The molecule has 1 heterocycles. The van der Waals surface area contributed by atoms with Crippen LogP contribution < -0.4 is 9.64 Å². The lowest BCUT2D eigenvalue weighted by molar-refractivity contribution is -0.0451. The quantitative estimate of drug-likeness (QED) is 0.181. The van der Waals surface area contributed by atoms with Crippen LogP contribution >= 0.6 is 0 Å². The molecule has 5 aromatic rings. The van der Waals surface area contributed by atoms with Crippen molar-refractivity contribution in [3.63, 3.8) is 0 Å². The first-order valence-electron chi connectivity index (χ1n) is 22.8. The van der Waals surface area contributed by atoms with Crippen LogP contribution in [0.2, 0.25) is 0 Å². The Labute approximate surface area is 348 Å². The Morgan fingerprint density at radius 2 is 0.948 bits per heavy atom. The van der Waals surface area contributed by atoms with Gasteiger partial charge in [-0.1, -0.05) is 128 Å². The Bertz CT molecular complexity index is 2350. The Hall–Kier alpha value is -4.30. The molecule has 0 N–H and O–H groups in total. The summed E-state index contributed by atoms with van der Waals surface area (Å²) in [5, 5.41) is 0. The molecule has 0 radical (unpaired) electrons. The second-order valence-corrected chi connectivity index (χ2v) is 22.3. The molecule has 4 bridgehead atoms. The molecular weight excluding hydrogens is 703 g/mol. The van der Waals surface area contributed by atoms with Crippen molar-refractivity contribution in [1.82, 2.24) is 0 Å². The molecule has 5 aromatic carbocycles. The minimum Gasteiger partial charge on any atom is -0.455 e. The summed E-state index contributed by atoms with van der Waals surface area (Å²) in [6.07, 6.45) is 11.5. The number of rotatable bonds is 4. The van der Waals surface area contributed by atoms with Crippen molar-refractivity contribution >= 4 is 17.1 Å². The maximum Gasteiger partial charge on any atom is 0.155 e. The van der Waals surface area contributed by atoms with Crippen LogP contribution in [0, 0.1) is 23.7 Å². The topological polar surface area (TPSA) is 12.5 Å². The van der Waals surface area contributed by atoms with E-state index >= 15 is 0 Å². The summed E-state index contributed by atoms with van der Waals surface area (Å²) in [6, 6.07) is 40.1. The van der Waals surface area contributed by atoms with Gasteiger partial charge in [-0.15, -0.1) is 0 Å². The van der Waals surface area contributed by atoms with Gasteiger partial charge in [-0.2, -0.15) is 0 Å². The summed E-state index contributed by atoms with van der Waals surface area (Å²) in [7, 11) is 0. The SMILES string of the molecule is CC1(C)CCC(C)(C)c2c(N(c3cc(-c4ccccc4)cc4c3Oc3ccccc3C43C4CC5CC(C4)CC3C5)c3cccc4c3C(C)(C)CCC4(C)C)cccc21. The van der Waals surface area contributed by atoms with Crippen LogP contribution in [0.3, 0.4) is 0 Å². The minimum atomic E-state index is -0.0719. The van der Waals surface area contributed by atoms with Gasteiger partial charge in [0.2, 0.25) is 0 Å². The first-order valence-corrected chi connectivity index (χ1v) is 22.8. The van der Waals surface area contributed by atoms with Gasteiger partial charge in [0.05, 0.1) is 17.1 Å². The number of benzene rings is 5. The summed E-state index contributed by atoms with van der Waals surface area (Å²) >= 11 is 0. The molecule has 12 rings (SSSR count). The molecule has 4 fully saturated rings. The summed E-state index contributed by atoms with van der Waals surface area (Å²) in [5.74, 6) is 5.12. The predicted octanol–water partition coefficient (Wildman–Crippen LogP) is 15.4.